The molecule has 4 rings (SSSR count). The second-order valence-corrected chi connectivity index (χ2v) is 8.72. The molecular formula is C22H27F3N4O4. The van der Waals surface area contributed by atoms with E-state index in [-0.39, 0.29) is 23.7 Å². The molecule has 8 nitrogen and oxygen atoms in total. The van der Waals surface area contributed by atoms with E-state index in [1.165, 1.54) is 24.3 Å². The Morgan fingerprint density at radius 3 is 2.36 bits per heavy atom. The highest BCUT2D eigenvalue weighted by Gasteiger charge is 2.47. The maximum absolute atomic E-state index is 12.4. The van der Waals surface area contributed by atoms with E-state index in [1.807, 2.05) is 11.0 Å². The van der Waals surface area contributed by atoms with Crippen molar-refractivity contribution in [3.05, 3.63) is 41.6 Å². The molecule has 0 aliphatic carbocycles. The van der Waals surface area contributed by atoms with E-state index in [1.54, 1.807) is 4.90 Å². The van der Waals surface area contributed by atoms with Crippen LogP contribution in [0.1, 0.15) is 31.2 Å². The van der Waals surface area contributed by atoms with Crippen molar-refractivity contribution < 1.29 is 32.2 Å². The minimum absolute atomic E-state index is 0.0319. The second-order valence-electron chi connectivity index (χ2n) is 8.72. The van der Waals surface area contributed by atoms with Crippen LogP contribution in [0.15, 0.2) is 36.0 Å². The number of ether oxygens (including phenoxy) is 2. The number of piperidine rings is 1. The van der Waals surface area contributed by atoms with Gasteiger partial charge in [0.05, 0.1) is 0 Å². The maximum atomic E-state index is 12.4. The Morgan fingerprint density at radius 2 is 1.76 bits per heavy atom. The van der Waals surface area contributed by atoms with Crippen LogP contribution >= 0.6 is 0 Å². The molecule has 0 aromatic heterocycles. The standard InChI is InChI=1S/C22H27F3N4O4/c23-22(24,25)33-18-4-1-16(2-5-18)13-32-20(31)28-11-8-21(9-12-28)14-29(15-21)19(30)6-3-17-7-10-26-27-17/h1-2,4-5,7,26-27H,3,6,8-15H2. The van der Waals surface area contributed by atoms with Crippen molar-refractivity contribution in [2.75, 3.05) is 32.7 Å². The fourth-order valence-corrected chi connectivity index (χ4v) is 4.40. The summed E-state index contributed by atoms with van der Waals surface area (Å²) in [7, 11) is 0. The van der Waals surface area contributed by atoms with E-state index in [4.69, 9.17) is 4.74 Å². The third-order valence-corrected chi connectivity index (χ3v) is 6.31. The number of allylic oxidation sites excluding steroid dienone is 1. The van der Waals surface area contributed by atoms with Crippen LogP contribution < -0.4 is 15.6 Å². The van der Waals surface area contributed by atoms with Crippen LogP contribution in [0.25, 0.3) is 0 Å². The van der Waals surface area contributed by atoms with Crippen LogP contribution in [0.2, 0.25) is 0 Å². The molecule has 33 heavy (non-hydrogen) atoms. The first-order valence-corrected chi connectivity index (χ1v) is 10.9. The lowest BCUT2D eigenvalue weighted by molar-refractivity contribution is -0.274. The van der Waals surface area contributed by atoms with Gasteiger partial charge in [0.1, 0.15) is 12.4 Å². The lowest BCUT2D eigenvalue weighted by Gasteiger charge is -2.53. The first kappa shape index (κ1) is 23.2. The first-order valence-electron chi connectivity index (χ1n) is 10.9. The summed E-state index contributed by atoms with van der Waals surface area (Å²) in [5.41, 5.74) is 7.72. The normalized spacial score (nSPS) is 19.5. The van der Waals surface area contributed by atoms with Gasteiger partial charge in [-0.1, -0.05) is 12.1 Å². The smallest absolute Gasteiger partial charge is 0.445 e. The number of hydrazine groups is 1. The lowest BCUT2D eigenvalue weighted by Crippen LogP contribution is -2.62. The van der Waals surface area contributed by atoms with Crippen LogP contribution in [0, 0.1) is 5.41 Å². The molecule has 1 aromatic rings. The Hall–Kier alpha value is -2.95. The number of hydrogen-bond acceptors (Lipinski definition) is 6. The van der Waals surface area contributed by atoms with Crippen LogP contribution in [-0.4, -0.2) is 60.9 Å². The third kappa shape index (κ3) is 6.10. The minimum Gasteiger partial charge on any atom is -0.445 e. The summed E-state index contributed by atoms with van der Waals surface area (Å²) in [5, 5.41) is 0. The van der Waals surface area contributed by atoms with Crippen molar-refractivity contribution in [3.8, 4) is 5.75 Å². The van der Waals surface area contributed by atoms with Gasteiger partial charge in [0.25, 0.3) is 0 Å². The topological polar surface area (TPSA) is 83.1 Å². The molecule has 180 valence electrons. The number of hydrogen-bond donors (Lipinski definition) is 2. The maximum Gasteiger partial charge on any atom is 0.573 e. The molecular weight excluding hydrogens is 441 g/mol. The summed E-state index contributed by atoms with van der Waals surface area (Å²) >= 11 is 0. The van der Waals surface area contributed by atoms with Crippen molar-refractivity contribution in [2.24, 2.45) is 5.41 Å². The predicted molar refractivity (Wildman–Crippen MR) is 112 cm³/mol. The number of benzene rings is 1. The van der Waals surface area contributed by atoms with Crippen LogP contribution in [-0.2, 0) is 16.1 Å². The summed E-state index contributed by atoms with van der Waals surface area (Å²) < 4.78 is 45.8. The quantitative estimate of drug-likeness (QED) is 0.668. The monoisotopic (exact) mass is 468 g/mol. The molecule has 11 heteroatoms. The molecule has 2 N–H and O–H groups in total. The van der Waals surface area contributed by atoms with Gasteiger partial charge in [-0.25, -0.2) is 10.2 Å². The zero-order valence-electron chi connectivity index (χ0n) is 18.1. The fraction of sp³-hybridized carbons (Fsp3) is 0.545. The number of nitrogens with one attached hydrogen (secondary N) is 2. The molecule has 2 amide bonds. The lowest BCUT2D eigenvalue weighted by atomic mass is 9.72. The first-order chi connectivity index (χ1) is 15.7. The number of rotatable bonds is 6. The van der Waals surface area contributed by atoms with E-state index in [0.29, 0.717) is 31.5 Å². The minimum atomic E-state index is -4.74. The molecule has 1 aromatic carbocycles. The average Bonchev–Trinajstić information content (AvgIpc) is 3.28. The number of nitrogens with zero attached hydrogens (tertiary/aromatic N) is 2. The molecule has 3 heterocycles. The van der Waals surface area contributed by atoms with Gasteiger partial charge in [0.2, 0.25) is 5.91 Å². The molecule has 0 bridgehead atoms. The van der Waals surface area contributed by atoms with Crippen molar-refractivity contribution in [2.45, 2.75) is 38.7 Å². The third-order valence-electron chi connectivity index (χ3n) is 6.31. The summed E-state index contributed by atoms with van der Waals surface area (Å²) in [6.45, 7) is 3.31. The molecule has 0 atom stereocenters. The van der Waals surface area contributed by atoms with E-state index in [0.717, 1.165) is 38.2 Å². The van der Waals surface area contributed by atoms with Crippen molar-refractivity contribution in [1.82, 2.24) is 20.7 Å². The Labute approximate surface area is 189 Å². The Bertz CT molecular complexity index is 888. The van der Waals surface area contributed by atoms with Gasteiger partial charge in [-0.15, -0.1) is 13.2 Å². The van der Waals surface area contributed by atoms with Crippen molar-refractivity contribution in [3.63, 3.8) is 0 Å². The highest BCUT2D eigenvalue weighted by atomic mass is 19.4. The molecule has 2 fully saturated rings. The molecule has 3 aliphatic rings. The van der Waals surface area contributed by atoms with E-state index in [9.17, 15) is 22.8 Å². The zero-order valence-corrected chi connectivity index (χ0v) is 18.1. The van der Waals surface area contributed by atoms with Gasteiger partial charge >= 0.3 is 12.5 Å². The number of alkyl halides is 3. The molecule has 0 saturated carbocycles. The molecule has 0 radical (unpaired) electrons. The van der Waals surface area contributed by atoms with E-state index >= 15 is 0 Å². The van der Waals surface area contributed by atoms with Gasteiger partial charge in [0.15, 0.2) is 0 Å². The van der Waals surface area contributed by atoms with Crippen molar-refractivity contribution >= 4 is 12.0 Å². The largest absolute Gasteiger partial charge is 0.573 e. The highest BCUT2D eigenvalue weighted by Crippen LogP contribution is 2.41. The summed E-state index contributed by atoms with van der Waals surface area (Å²) in [5.74, 6) is -0.167. The zero-order chi connectivity index (χ0) is 23.5. The van der Waals surface area contributed by atoms with Gasteiger partial charge < -0.3 is 24.7 Å². The van der Waals surface area contributed by atoms with Gasteiger partial charge in [0, 0.05) is 50.3 Å². The van der Waals surface area contributed by atoms with Gasteiger partial charge in [-0.05, 0) is 43.0 Å². The number of carbonyl (C=O) groups is 2. The number of likely N-dealkylation sites (tertiary alicyclic amines) is 2. The Kier molecular flexibility index (Phi) is 6.68. The molecule has 3 aliphatic heterocycles. The fourth-order valence-electron chi connectivity index (χ4n) is 4.40. The second kappa shape index (κ2) is 9.50. The summed E-state index contributed by atoms with van der Waals surface area (Å²) in [4.78, 5) is 28.3. The number of amides is 2. The molecule has 1 spiro atoms. The van der Waals surface area contributed by atoms with Crippen LogP contribution in [0.3, 0.4) is 0 Å². The van der Waals surface area contributed by atoms with Crippen LogP contribution in [0.4, 0.5) is 18.0 Å². The Morgan fingerprint density at radius 1 is 1.06 bits per heavy atom. The van der Waals surface area contributed by atoms with E-state index in [2.05, 4.69) is 15.6 Å². The molecule has 0 unspecified atom stereocenters. The molecule has 2 saturated heterocycles. The SMILES string of the molecule is O=C(CCC1=CCNN1)N1CC2(CCN(C(=O)OCc3ccc(OC(F)(F)F)cc3)CC2)C1. The Balaban J connectivity index is 1.15. The van der Waals surface area contributed by atoms with Gasteiger partial charge in [-0.2, -0.15) is 0 Å². The number of carbonyl (C=O) groups excluding carboxylic acids is 2. The number of halogens is 3. The van der Waals surface area contributed by atoms with Crippen molar-refractivity contribution in [1.29, 1.82) is 0 Å². The average molecular weight is 468 g/mol. The predicted octanol–water partition coefficient (Wildman–Crippen LogP) is 2.92. The van der Waals surface area contributed by atoms with Crippen LogP contribution in [0.5, 0.6) is 5.75 Å². The van der Waals surface area contributed by atoms with Gasteiger partial charge in [-0.3, -0.25) is 4.79 Å². The summed E-state index contributed by atoms with van der Waals surface area (Å²) in [6, 6.07) is 5.22. The van der Waals surface area contributed by atoms with E-state index < -0.39 is 12.5 Å². The summed E-state index contributed by atoms with van der Waals surface area (Å²) in [6.07, 6.45) is -0.341. The highest BCUT2D eigenvalue weighted by molar-refractivity contribution is 5.77.